The van der Waals surface area contributed by atoms with Gasteiger partial charge in [-0.3, -0.25) is 4.68 Å². The van der Waals surface area contributed by atoms with E-state index in [1.165, 1.54) is 0 Å². The second-order valence-electron chi connectivity index (χ2n) is 6.63. The molecule has 1 atom stereocenters. The Morgan fingerprint density at radius 1 is 1.41 bits per heavy atom. The van der Waals surface area contributed by atoms with Crippen LogP contribution in [0, 0.1) is 0 Å². The summed E-state index contributed by atoms with van der Waals surface area (Å²) in [5.41, 5.74) is 0.628. The molecule has 22 heavy (non-hydrogen) atoms. The van der Waals surface area contributed by atoms with Crippen molar-refractivity contribution in [1.29, 1.82) is 0 Å². The Labute approximate surface area is 138 Å². The highest BCUT2D eigenvalue weighted by Crippen LogP contribution is 2.29. The number of hydrogen-bond donors (Lipinski definition) is 0. The molecule has 1 aliphatic heterocycles. The zero-order valence-electron chi connectivity index (χ0n) is 13.0. The third-order valence-corrected chi connectivity index (χ3v) is 4.44. The molecule has 0 unspecified atom stereocenters. The zero-order chi connectivity index (χ0) is 15.9. The summed E-state index contributed by atoms with van der Waals surface area (Å²) >= 11 is 3.55. The van der Waals surface area contributed by atoms with Crippen LogP contribution >= 0.6 is 15.9 Å². The van der Waals surface area contributed by atoms with Gasteiger partial charge in [-0.25, -0.2) is 4.79 Å². The van der Waals surface area contributed by atoms with Crippen LogP contribution in [0.15, 0.2) is 28.9 Å². The number of aromatic nitrogens is 2. The van der Waals surface area contributed by atoms with Crippen molar-refractivity contribution >= 4 is 32.9 Å². The molecule has 1 saturated heterocycles. The first-order chi connectivity index (χ1) is 10.3. The van der Waals surface area contributed by atoms with E-state index in [2.05, 4.69) is 27.1 Å². The van der Waals surface area contributed by atoms with Crippen molar-refractivity contribution in [2.45, 2.75) is 38.8 Å². The second kappa shape index (κ2) is 5.57. The van der Waals surface area contributed by atoms with Gasteiger partial charge in [-0.1, -0.05) is 22.0 Å². The largest absolute Gasteiger partial charge is 0.444 e. The Bertz CT molecular complexity index is 705. The quantitative estimate of drug-likeness (QED) is 0.767. The lowest BCUT2D eigenvalue weighted by atomic mass is 10.2. The van der Waals surface area contributed by atoms with Crippen LogP contribution in [0.5, 0.6) is 0 Å². The maximum absolute atomic E-state index is 12.2. The van der Waals surface area contributed by atoms with Crippen LogP contribution in [0.1, 0.15) is 33.2 Å². The number of halogens is 1. The molecule has 0 spiro atoms. The van der Waals surface area contributed by atoms with Gasteiger partial charge in [0.25, 0.3) is 0 Å². The van der Waals surface area contributed by atoms with Gasteiger partial charge >= 0.3 is 6.09 Å². The molecule has 1 aromatic carbocycles. The second-order valence-corrected chi connectivity index (χ2v) is 7.48. The Morgan fingerprint density at radius 2 is 2.18 bits per heavy atom. The van der Waals surface area contributed by atoms with Crippen LogP contribution < -0.4 is 0 Å². The predicted octanol–water partition coefficient (Wildman–Crippen LogP) is 3.98. The van der Waals surface area contributed by atoms with Gasteiger partial charge in [0.1, 0.15) is 5.60 Å². The number of amides is 1. The number of fused-ring (bicyclic) bond motifs is 1. The lowest BCUT2D eigenvalue weighted by molar-refractivity contribution is 0.0288. The first kappa shape index (κ1) is 15.3. The van der Waals surface area contributed by atoms with Crippen LogP contribution in [0.3, 0.4) is 0 Å². The molecule has 1 amide bonds. The number of nitrogens with zero attached hydrogens (tertiary/aromatic N) is 3. The molecular formula is C16H20BrN3O2. The van der Waals surface area contributed by atoms with E-state index in [-0.39, 0.29) is 12.1 Å². The number of likely N-dealkylation sites (tertiary alicyclic amines) is 1. The molecule has 5 nitrogen and oxygen atoms in total. The van der Waals surface area contributed by atoms with Crippen molar-refractivity contribution < 1.29 is 9.53 Å². The van der Waals surface area contributed by atoms with E-state index < -0.39 is 5.60 Å². The van der Waals surface area contributed by atoms with Gasteiger partial charge in [0.2, 0.25) is 0 Å². The summed E-state index contributed by atoms with van der Waals surface area (Å²) in [6.07, 6.45) is 2.52. The average molecular weight is 366 g/mol. The maximum atomic E-state index is 12.2. The van der Waals surface area contributed by atoms with Gasteiger partial charge in [-0.2, -0.15) is 5.10 Å². The zero-order valence-corrected chi connectivity index (χ0v) is 14.6. The highest BCUT2D eigenvalue weighted by atomic mass is 79.9. The molecule has 0 bridgehead atoms. The summed E-state index contributed by atoms with van der Waals surface area (Å²) in [6.45, 7) is 7.00. The minimum absolute atomic E-state index is 0.194. The van der Waals surface area contributed by atoms with Crippen LogP contribution in [-0.4, -0.2) is 39.5 Å². The fourth-order valence-electron chi connectivity index (χ4n) is 2.76. The molecule has 1 aromatic heterocycles. The third-order valence-electron chi connectivity index (χ3n) is 3.75. The molecule has 2 aromatic rings. The van der Waals surface area contributed by atoms with Crippen LogP contribution in [0.4, 0.5) is 4.79 Å². The number of carbonyl (C=O) groups excluding carboxylic acids is 1. The fourth-order valence-corrected chi connectivity index (χ4v) is 3.22. The van der Waals surface area contributed by atoms with Gasteiger partial charge in [0, 0.05) is 22.9 Å². The van der Waals surface area contributed by atoms with E-state index in [1.54, 1.807) is 4.90 Å². The standard InChI is InChI=1S/C16H20BrN3O2/c1-16(2,3)22-15(21)19-8-7-11(10-19)20-14-6-4-5-13(17)12(14)9-18-20/h4-6,9,11H,7-8,10H2,1-3H3/t11-/m1/s1. The monoisotopic (exact) mass is 365 g/mol. The summed E-state index contributed by atoms with van der Waals surface area (Å²) < 4.78 is 8.50. The molecule has 0 aliphatic carbocycles. The highest BCUT2D eigenvalue weighted by Gasteiger charge is 2.31. The van der Waals surface area contributed by atoms with Crippen molar-refractivity contribution in [1.82, 2.24) is 14.7 Å². The molecular weight excluding hydrogens is 346 g/mol. The minimum Gasteiger partial charge on any atom is -0.444 e. The number of ether oxygens (including phenoxy) is 1. The van der Waals surface area contributed by atoms with Gasteiger partial charge in [-0.15, -0.1) is 0 Å². The summed E-state index contributed by atoms with van der Waals surface area (Å²) in [4.78, 5) is 13.9. The van der Waals surface area contributed by atoms with Crippen molar-refractivity contribution in [2.75, 3.05) is 13.1 Å². The van der Waals surface area contributed by atoms with Crippen molar-refractivity contribution in [2.24, 2.45) is 0 Å². The van der Waals surface area contributed by atoms with E-state index in [9.17, 15) is 4.79 Å². The summed E-state index contributed by atoms with van der Waals surface area (Å²) in [5, 5.41) is 5.61. The Hall–Kier alpha value is -1.56. The molecule has 1 aliphatic rings. The molecule has 0 radical (unpaired) electrons. The van der Waals surface area contributed by atoms with Crippen LogP contribution in [0.2, 0.25) is 0 Å². The fraction of sp³-hybridized carbons (Fsp3) is 0.500. The van der Waals surface area contributed by atoms with Gasteiger partial charge in [0.15, 0.2) is 0 Å². The molecule has 0 saturated carbocycles. The first-order valence-corrected chi connectivity index (χ1v) is 8.24. The lowest BCUT2D eigenvalue weighted by Crippen LogP contribution is -2.35. The lowest BCUT2D eigenvalue weighted by Gasteiger charge is -2.24. The predicted molar refractivity (Wildman–Crippen MR) is 88.9 cm³/mol. The van der Waals surface area contributed by atoms with E-state index in [1.807, 2.05) is 43.8 Å². The number of hydrogen-bond acceptors (Lipinski definition) is 3. The third kappa shape index (κ3) is 2.97. The summed E-state index contributed by atoms with van der Waals surface area (Å²) in [5.74, 6) is 0. The molecule has 3 rings (SSSR count). The van der Waals surface area contributed by atoms with E-state index >= 15 is 0 Å². The van der Waals surface area contributed by atoms with Gasteiger partial charge in [0.05, 0.1) is 17.8 Å². The topological polar surface area (TPSA) is 47.4 Å². The first-order valence-electron chi connectivity index (χ1n) is 7.45. The van der Waals surface area contributed by atoms with Crippen molar-refractivity contribution in [3.8, 4) is 0 Å². The molecule has 0 N–H and O–H groups in total. The summed E-state index contributed by atoms with van der Waals surface area (Å²) in [6, 6.07) is 6.27. The number of carbonyl (C=O) groups is 1. The van der Waals surface area contributed by atoms with Gasteiger partial charge in [-0.05, 0) is 39.3 Å². The summed E-state index contributed by atoms with van der Waals surface area (Å²) in [7, 11) is 0. The van der Waals surface area contributed by atoms with Crippen molar-refractivity contribution in [3.63, 3.8) is 0 Å². The molecule has 6 heteroatoms. The van der Waals surface area contributed by atoms with E-state index in [0.29, 0.717) is 13.1 Å². The van der Waals surface area contributed by atoms with Crippen LogP contribution in [-0.2, 0) is 4.74 Å². The number of rotatable bonds is 1. The normalized spacial score (nSPS) is 18.9. The Balaban J connectivity index is 1.77. The smallest absolute Gasteiger partial charge is 0.410 e. The average Bonchev–Trinajstić information content (AvgIpc) is 3.03. The van der Waals surface area contributed by atoms with Crippen LogP contribution in [0.25, 0.3) is 10.9 Å². The molecule has 1 fully saturated rings. The van der Waals surface area contributed by atoms with Gasteiger partial charge < -0.3 is 9.64 Å². The molecule has 2 heterocycles. The minimum atomic E-state index is -0.460. The van der Waals surface area contributed by atoms with E-state index in [0.717, 1.165) is 21.8 Å². The van der Waals surface area contributed by atoms with E-state index in [4.69, 9.17) is 4.74 Å². The number of benzene rings is 1. The maximum Gasteiger partial charge on any atom is 0.410 e. The SMILES string of the molecule is CC(C)(C)OC(=O)N1CC[C@@H](n2ncc3c(Br)cccc32)C1. The highest BCUT2D eigenvalue weighted by molar-refractivity contribution is 9.10. The Morgan fingerprint density at radius 3 is 2.91 bits per heavy atom. The van der Waals surface area contributed by atoms with Crippen molar-refractivity contribution in [3.05, 3.63) is 28.9 Å². The Kier molecular flexibility index (Phi) is 3.89. The molecule has 118 valence electrons.